The van der Waals surface area contributed by atoms with Crippen LogP contribution in [0.2, 0.25) is 0 Å². The molecule has 0 amide bonds. The highest BCUT2D eigenvalue weighted by molar-refractivity contribution is 5.85. The summed E-state index contributed by atoms with van der Waals surface area (Å²) in [5, 5.41) is 9.28. The van der Waals surface area contributed by atoms with Gasteiger partial charge in [0.2, 0.25) is 5.95 Å². The van der Waals surface area contributed by atoms with Crippen molar-refractivity contribution in [2.45, 2.75) is 13.0 Å². The van der Waals surface area contributed by atoms with E-state index < -0.39 is 5.97 Å². The number of aromatic nitrogens is 2. The van der Waals surface area contributed by atoms with Crippen LogP contribution >= 0.6 is 0 Å². The fourth-order valence-corrected chi connectivity index (χ4v) is 3.87. The number of aromatic carboxylic acids is 1. The molecule has 0 aliphatic carbocycles. The number of carboxylic acids is 1. The van der Waals surface area contributed by atoms with E-state index in [0.717, 1.165) is 26.2 Å². The standard InChI is InChI=1S/C23H24N4O2/c1-17-16-20(22(28)29)25-23(24-17)27-14-12-26(13-15-27)21(18-8-4-2-5-9-18)19-10-6-3-7-11-19/h2-11,16,21H,12-15H2,1H3,(H,28,29). The first-order valence-electron chi connectivity index (χ1n) is 9.79. The van der Waals surface area contributed by atoms with Crippen LogP contribution in [-0.2, 0) is 0 Å². The van der Waals surface area contributed by atoms with Crippen molar-refractivity contribution < 1.29 is 9.90 Å². The molecular formula is C23H24N4O2. The van der Waals surface area contributed by atoms with Crippen LogP contribution in [0.4, 0.5) is 5.95 Å². The third-order valence-corrected chi connectivity index (χ3v) is 5.25. The van der Waals surface area contributed by atoms with Gasteiger partial charge in [-0.25, -0.2) is 14.8 Å². The van der Waals surface area contributed by atoms with Gasteiger partial charge >= 0.3 is 5.97 Å². The molecule has 1 aromatic heterocycles. The number of hydrogen-bond acceptors (Lipinski definition) is 5. The Morgan fingerprint density at radius 2 is 1.45 bits per heavy atom. The number of benzene rings is 2. The molecule has 4 rings (SSSR count). The Hall–Kier alpha value is -3.25. The summed E-state index contributed by atoms with van der Waals surface area (Å²) in [6.45, 7) is 4.98. The lowest BCUT2D eigenvalue weighted by Gasteiger charge is -2.39. The van der Waals surface area contributed by atoms with Crippen LogP contribution in [0, 0.1) is 6.92 Å². The predicted molar refractivity (Wildman–Crippen MR) is 112 cm³/mol. The topological polar surface area (TPSA) is 69.6 Å². The van der Waals surface area contributed by atoms with Crippen molar-refractivity contribution in [3.63, 3.8) is 0 Å². The number of carbonyl (C=O) groups is 1. The van der Waals surface area contributed by atoms with Crippen LogP contribution in [0.1, 0.15) is 33.4 Å². The molecule has 0 spiro atoms. The smallest absolute Gasteiger partial charge is 0.354 e. The van der Waals surface area contributed by atoms with Gasteiger partial charge in [-0.3, -0.25) is 4.90 Å². The van der Waals surface area contributed by atoms with Crippen molar-refractivity contribution in [3.05, 3.63) is 89.2 Å². The van der Waals surface area contributed by atoms with E-state index in [1.54, 1.807) is 6.92 Å². The maximum Gasteiger partial charge on any atom is 0.354 e. The molecule has 2 aromatic carbocycles. The minimum absolute atomic E-state index is 0.0429. The van der Waals surface area contributed by atoms with Gasteiger partial charge in [0.15, 0.2) is 5.69 Å². The highest BCUT2D eigenvalue weighted by atomic mass is 16.4. The number of hydrogen-bond donors (Lipinski definition) is 1. The molecule has 1 N–H and O–H groups in total. The number of carboxylic acid groups (broad SMARTS) is 1. The summed E-state index contributed by atoms with van der Waals surface area (Å²) in [5.41, 5.74) is 3.25. The summed E-state index contributed by atoms with van der Waals surface area (Å²) < 4.78 is 0. The molecule has 6 nitrogen and oxygen atoms in total. The molecular weight excluding hydrogens is 364 g/mol. The molecule has 0 bridgehead atoms. The second-order valence-electron chi connectivity index (χ2n) is 7.25. The van der Waals surface area contributed by atoms with Crippen LogP contribution < -0.4 is 4.90 Å². The second-order valence-corrected chi connectivity index (χ2v) is 7.25. The SMILES string of the molecule is Cc1cc(C(=O)O)nc(N2CCN(C(c3ccccc3)c3ccccc3)CC2)n1. The van der Waals surface area contributed by atoms with Gasteiger partial charge in [0.25, 0.3) is 0 Å². The highest BCUT2D eigenvalue weighted by Gasteiger charge is 2.27. The van der Waals surface area contributed by atoms with Crippen molar-refractivity contribution in [2.75, 3.05) is 31.1 Å². The van der Waals surface area contributed by atoms with Crippen molar-refractivity contribution in [2.24, 2.45) is 0 Å². The Kier molecular flexibility index (Phi) is 5.53. The van der Waals surface area contributed by atoms with Crippen LogP contribution in [0.15, 0.2) is 66.7 Å². The van der Waals surface area contributed by atoms with E-state index in [1.807, 2.05) is 12.1 Å². The zero-order valence-corrected chi connectivity index (χ0v) is 16.4. The highest BCUT2D eigenvalue weighted by Crippen LogP contribution is 2.29. The van der Waals surface area contributed by atoms with E-state index in [4.69, 9.17) is 0 Å². The van der Waals surface area contributed by atoms with E-state index in [0.29, 0.717) is 11.6 Å². The largest absolute Gasteiger partial charge is 0.477 e. The molecule has 1 aliphatic heterocycles. The molecule has 0 atom stereocenters. The number of piperazine rings is 1. The zero-order valence-electron chi connectivity index (χ0n) is 16.4. The molecule has 1 saturated heterocycles. The van der Waals surface area contributed by atoms with Crippen molar-refractivity contribution in [1.29, 1.82) is 0 Å². The Labute approximate surface area is 170 Å². The van der Waals surface area contributed by atoms with E-state index >= 15 is 0 Å². The Morgan fingerprint density at radius 1 is 0.897 bits per heavy atom. The molecule has 3 aromatic rings. The molecule has 0 unspecified atom stereocenters. The lowest BCUT2D eigenvalue weighted by atomic mass is 9.96. The summed E-state index contributed by atoms with van der Waals surface area (Å²) >= 11 is 0. The Morgan fingerprint density at radius 3 is 1.97 bits per heavy atom. The van der Waals surface area contributed by atoms with E-state index in [9.17, 15) is 9.90 Å². The van der Waals surface area contributed by atoms with Crippen LogP contribution in [0.5, 0.6) is 0 Å². The van der Waals surface area contributed by atoms with Crippen LogP contribution in [0.3, 0.4) is 0 Å². The molecule has 0 saturated carbocycles. The summed E-state index contributed by atoms with van der Waals surface area (Å²) in [6.07, 6.45) is 0. The average Bonchev–Trinajstić information content (AvgIpc) is 2.75. The van der Waals surface area contributed by atoms with Gasteiger partial charge in [-0.2, -0.15) is 0 Å². The third-order valence-electron chi connectivity index (χ3n) is 5.25. The quantitative estimate of drug-likeness (QED) is 0.723. The number of aryl methyl sites for hydroxylation is 1. The molecule has 0 radical (unpaired) electrons. The lowest BCUT2D eigenvalue weighted by molar-refractivity contribution is 0.0690. The minimum Gasteiger partial charge on any atom is -0.477 e. The molecule has 29 heavy (non-hydrogen) atoms. The first-order valence-corrected chi connectivity index (χ1v) is 9.79. The fourth-order valence-electron chi connectivity index (χ4n) is 3.87. The fraction of sp³-hybridized carbons (Fsp3) is 0.261. The van der Waals surface area contributed by atoms with Crippen molar-refractivity contribution >= 4 is 11.9 Å². The second kappa shape index (κ2) is 8.41. The predicted octanol–water partition coefficient (Wildman–Crippen LogP) is 3.39. The van der Waals surface area contributed by atoms with Gasteiger partial charge in [-0.15, -0.1) is 0 Å². The monoisotopic (exact) mass is 388 g/mol. The normalized spacial score (nSPS) is 14.9. The Balaban J connectivity index is 1.55. The molecule has 1 aliphatic rings. The van der Waals surface area contributed by atoms with E-state index in [-0.39, 0.29) is 11.7 Å². The number of nitrogens with zero attached hydrogens (tertiary/aromatic N) is 4. The van der Waals surface area contributed by atoms with Gasteiger partial charge in [0.1, 0.15) is 0 Å². The lowest BCUT2D eigenvalue weighted by Crippen LogP contribution is -2.48. The first-order chi connectivity index (χ1) is 14.1. The third kappa shape index (κ3) is 4.27. The molecule has 148 valence electrons. The summed E-state index contributed by atoms with van der Waals surface area (Å²) in [4.78, 5) is 24.6. The molecule has 6 heteroatoms. The van der Waals surface area contributed by atoms with Gasteiger partial charge in [0.05, 0.1) is 6.04 Å². The van der Waals surface area contributed by atoms with Crippen LogP contribution in [0.25, 0.3) is 0 Å². The van der Waals surface area contributed by atoms with Crippen molar-refractivity contribution in [1.82, 2.24) is 14.9 Å². The Bertz CT molecular complexity index is 931. The van der Waals surface area contributed by atoms with Gasteiger partial charge < -0.3 is 10.0 Å². The van der Waals surface area contributed by atoms with E-state index in [2.05, 4.69) is 68.3 Å². The number of rotatable bonds is 5. The van der Waals surface area contributed by atoms with Gasteiger partial charge in [-0.05, 0) is 24.1 Å². The average molecular weight is 388 g/mol. The summed E-state index contributed by atoms with van der Waals surface area (Å²) in [7, 11) is 0. The van der Waals surface area contributed by atoms with Gasteiger partial charge in [-0.1, -0.05) is 60.7 Å². The summed E-state index contributed by atoms with van der Waals surface area (Å²) in [6, 6.07) is 22.8. The first kappa shape index (κ1) is 19.1. The number of anilines is 1. The maximum atomic E-state index is 11.3. The molecule has 2 heterocycles. The minimum atomic E-state index is -1.02. The van der Waals surface area contributed by atoms with Gasteiger partial charge in [0, 0.05) is 31.9 Å². The zero-order chi connectivity index (χ0) is 20.2. The maximum absolute atomic E-state index is 11.3. The summed E-state index contributed by atoms with van der Waals surface area (Å²) in [5.74, 6) is -0.526. The van der Waals surface area contributed by atoms with Crippen LogP contribution in [-0.4, -0.2) is 52.1 Å². The van der Waals surface area contributed by atoms with E-state index in [1.165, 1.54) is 17.2 Å². The van der Waals surface area contributed by atoms with Crippen molar-refractivity contribution in [3.8, 4) is 0 Å². The molecule has 1 fully saturated rings.